The standard InChI is InChI=1S/C21H26FN3O3S/c1-24(2)20-10-9-19(23-21(26)16-5-4-6-18(22)11-16)12-17(20)14-25(29(3,27)28)13-15-7-8-15/h4-6,9-12,15H,7-8,13-14H2,1-3H3,(H,23,26). The molecule has 156 valence electrons. The van der Waals surface area contributed by atoms with Crippen LogP contribution in [0.15, 0.2) is 42.5 Å². The maximum Gasteiger partial charge on any atom is 0.255 e. The Labute approximate surface area is 171 Å². The zero-order valence-electron chi connectivity index (χ0n) is 16.9. The normalized spacial score (nSPS) is 14.1. The molecular formula is C21H26FN3O3S. The van der Waals surface area contributed by atoms with Crippen LogP contribution in [0.4, 0.5) is 15.8 Å². The van der Waals surface area contributed by atoms with Gasteiger partial charge in [0.25, 0.3) is 5.91 Å². The number of hydrogen-bond donors (Lipinski definition) is 1. The lowest BCUT2D eigenvalue weighted by molar-refractivity contribution is 0.102. The Bertz CT molecular complexity index is 1000. The fraction of sp³-hybridized carbons (Fsp3) is 0.381. The molecule has 3 rings (SSSR count). The Morgan fingerprint density at radius 1 is 1.17 bits per heavy atom. The molecule has 1 aliphatic rings. The van der Waals surface area contributed by atoms with Gasteiger partial charge in [-0.3, -0.25) is 4.79 Å². The van der Waals surface area contributed by atoms with Crippen molar-refractivity contribution in [1.29, 1.82) is 0 Å². The maximum absolute atomic E-state index is 13.4. The van der Waals surface area contributed by atoms with E-state index in [4.69, 9.17) is 0 Å². The van der Waals surface area contributed by atoms with Crippen LogP contribution in [0.25, 0.3) is 0 Å². The molecule has 6 nitrogen and oxygen atoms in total. The monoisotopic (exact) mass is 419 g/mol. The van der Waals surface area contributed by atoms with Crippen LogP contribution in [0, 0.1) is 11.7 Å². The molecule has 1 N–H and O–H groups in total. The van der Waals surface area contributed by atoms with Gasteiger partial charge in [0, 0.05) is 44.1 Å². The summed E-state index contributed by atoms with van der Waals surface area (Å²) in [6.45, 7) is 0.734. The maximum atomic E-state index is 13.4. The molecule has 1 aliphatic carbocycles. The number of nitrogens with zero attached hydrogens (tertiary/aromatic N) is 2. The molecule has 2 aromatic carbocycles. The third kappa shape index (κ3) is 5.77. The summed E-state index contributed by atoms with van der Waals surface area (Å²) in [4.78, 5) is 14.3. The van der Waals surface area contributed by atoms with Crippen molar-refractivity contribution in [3.05, 3.63) is 59.4 Å². The minimum absolute atomic E-state index is 0.217. The zero-order valence-corrected chi connectivity index (χ0v) is 17.7. The van der Waals surface area contributed by atoms with Crippen LogP contribution in [-0.4, -0.2) is 45.5 Å². The van der Waals surface area contributed by atoms with E-state index < -0.39 is 21.7 Å². The van der Waals surface area contributed by atoms with Crippen molar-refractivity contribution >= 4 is 27.3 Å². The number of nitrogens with one attached hydrogen (secondary N) is 1. The summed E-state index contributed by atoms with van der Waals surface area (Å²) in [5.74, 6) is -0.487. The van der Waals surface area contributed by atoms with Gasteiger partial charge in [0.15, 0.2) is 0 Å². The summed E-state index contributed by atoms with van der Waals surface area (Å²) in [5, 5.41) is 2.76. The first-order valence-electron chi connectivity index (χ1n) is 9.46. The van der Waals surface area contributed by atoms with Crippen molar-refractivity contribution in [2.75, 3.05) is 37.1 Å². The lowest BCUT2D eigenvalue weighted by Crippen LogP contribution is -2.32. The number of carbonyl (C=O) groups is 1. The molecule has 0 spiro atoms. The lowest BCUT2D eigenvalue weighted by atomic mass is 10.1. The van der Waals surface area contributed by atoms with Crippen molar-refractivity contribution in [1.82, 2.24) is 4.31 Å². The predicted octanol–water partition coefficient (Wildman–Crippen LogP) is 3.32. The van der Waals surface area contributed by atoms with Gasteiger partial charge in [-0.05, 0) is 60.7 Å². The van der Waals surface area contributed by atoms with Crippen LogP contribution in [0.3, 0.4) is 0 Å². The largest absolute Gasteiger partial charge is 0.377 e. The van der Waals surface area contributed by atoms with Crippen molar-refractivity contribution < 1.29 is 17.6 Å². The summed E-state index contributed by atoms with van der Waals surface area (Å²) in [6, 6.07) is 10.8. The van der Waals surface area contributed by atoms with E-state index >= 15 is 0 Å². The Balaban J connectivity index is 1.86. The first-order valence-corrected chi connectivity index (χ1v) is 11.3. The highest BCUT2D eigenvalue weighted by atomic mass is 32.2. The number of amides is 1. The third-order valence-corrected chi connectivity index (χ3v) is 6.10. The molecule has 0 aromatic heterocycles. The Morgan fingerprint density at radius 2 is 1.90 bits per heavy atom. The van der Waals surface area contributed by atoms with E-state index in [0.29, 0.717) is 18.2 Å². The number of carbonyl (C=O) groups excluding carboxylic acids is 1. The highest BCUT2D eigenvalue weighted by Gasteiger charge is 2.29. The van der Waals surface area contributed by atoms with Crippen LogP contribution in [0.5, 0.6) is 0 Å². The molecule has 2 aromatic rings. The molecule has 1 amide bonds. The molecule has 0 radical (unpaired) electrons. The van der Waals surface area contributed by atoms with Gasteiger partial charge in [-0.15, -0.1) is 0 Å². The van der Waals surface area contributed by atoms with E-state index in [1.807, 2.05) is 25.1 Å². The van der Waals surface area contributed by atoms with E-state index in [-0.39, 0.29) is 12.1 Å². The van der Waals surface area contributed by atoms with Gasteiger partial charge in [0.1, 0.15) is 5.82 Å². The second kappa shape index (κ2) is 8.51. The Hall–Kier alpha value is -2.45. The molecular weight excluding hydrogens is 393 g/mol. The fourth-order valence-corrected chi connectivity index (χ4v) is 4.01. The number of rotatable bonds is 8. The molecule has 0 unspecified atom stereocenters. The van der Waals surface area contributed by atoms with Gasteiger partial charge in [0.2, 0.25) is 10.0 Å². The van der Waals surface area contributed by atoms with E-state index in [0.717, 1.165) is 24.1 Å². The average molecular weight is 420 g/mol. The van der Waals surface area contributed by atoms with Gasteiger partial charge < -0.3 is 10.2 Å². The SMILES string of the molecule is CN(C)c1ccc(NC(=O)c2cccc(F)c2)cc1CN(CC1CC1)S(C)(=O)=O. The molecule has 8 heteroatoms. The molecule has 0 atom stereocenters. The third-order valence-electron chi connectivity index (χ3n) is 4.88. The van der Waals surface area contributed by atoms with Gasteiger partial charge in [-0.1, -0.05) is 6.07 Å². The van der Waals surface area contributed by atoms with Crippen molar-refractivity contribution in [2.45, 2.75) is 19.4 Å². The van der Waals surface area contributed by atoms with E-state index in [2.05, 4.69) is 5.32 Å². The van der Waals surface area contributed by atoms with Crippen LogP contribution in [-0.2, 0) is 16.6 Å². The second-order valence-corrected chi connectivity index (χ2v) is 9.68. The first-order chi connectivity index (χ1) is 13.6. The van der Waals surface area contributed by atoms with Gasteiger partial charge in [0.05, 0.1) is 6.26 Å². The smallest absolute Gasteiger partial charge is 0.255 e. The quantitative estimate of drug-likeness (QED) is 0.713. The molecule has 1 saturated carbocycles. The summed E-state index contributed by atoms with van der Waals surface area (Å²) < 4.78 is 39.4. The van der Waals surface area contributed by atoms with E-state index in [1.54, 1.807) is 12.1 Å². The minimum atomic E-state index is -3.36. The Morgan fingerprint density at radius 3 is 2.48 bits per heavy atom. The number of benzene rings is 2. The number of halogens is 1. The topological polar surface area (TPSA) is 69.7 Å². The summed E-state index contributed by atoms with van der Waals surface area (Å²) in [6.07, 6.45) is 3.33. The predicted molar refractivity (Wildman–Crippen MR) is 113 cm³/mol. The molecule has 1 fully saturated rings. The highest BCUT2D eigenvalue weighted by Crippen LogP contribution is 2.32. The van der Waals surface area contributed by atoms with Crippen LogP contribution in [0.2, 0.25) is 0 Å². The lowest BCUT2D eigenvalue weighted by Gasteiger charge is -2.24. The summed E-state index contributed by atoms with van der Waals surface area (Å²) in [7, 11) is 0.410. The Kier molecular flexibility index (Phi) is 6.24. The number of sulfonamides is 1. The highest BCUT2D eigenvalue weighted by molar-refractivity contribution is 7.88. The van der Waals surface area contributed by atoms with Crippen LogP contribution < -0.4 is 10.2 Å². The van der Waals surface area contributed by atoms with E-state index in [9.17, 15) is 17.6 Å². The zero-order chi connectivity index (χ0) is 21.2. The van der Waals surface area contributed by atoms with Gasteiger partial charge in [-0.2, -0.15) is 4.31 Å². The van der Waals surface area contributed by atoms with Crippen LogP contribution >= 0.6 is 0 Å². The summed E-state index contributed by atoms with van der Waals surface area (Å²) >= 11 is 0. The molecule has 0 aliphatic heterocycles. The van der Waals surface area contributed by atoms with Gasteiger partial charge in [-0.25, -0.2) is 12.8 Å². The molecule has 29 heavy (non-hydrogen) atoms. The van der Waals surface area contributed by atoms with Crippen LogP contribution in [0.1, 0.15) is 28.8 Å². The first kappa shape index (κ1) is 21.3. The molecule has 0 bridgehead atoms. The van der Waals surface area contributed by atoms with Crippen molar-refractivity contribution in [2.24, 2.45) is 5.92 Å². The van der Waals surface area contributed by atoms with Crippen molar-refractivity contribution in [3.63, 3.8) is 0 Å². The summed E-state index contributed by atoms with van der Waals surface area (Å²) in [5.41, 5.74) is 2.41. The fourth-order valence-electron chi connectivity index (χ4n) is 3.15. The number of hydrogen-bond acceptors (Lipinski definition) is 4. The average Bonchev–Trinajstić information content (AvgIpc) is 3.44. The molecule has 0 saturated heterocycles. The second-order valence-electron chi connectivity index (χ2n) is 7.70. The van der Waals surface area contributed by atoms with Crippen molar-refractivity contribution in [3.8, 4) is 0 Å². The van der Waals surface area contributed by atoms with Gasteiger partial charge >= 0.3 is 0 Å². The number of anilines is 2. The molecule has 0 heterocycles. The van der Waals surface area contributed by atoms with E-state index in [1.165, 1.54) is 34.8 Å². The minimum Gasteiger partial charge on any atom is -0.377 e.